The van der Waals surface area contributed by atoms with Crippen molar-refractivity contribution in [2.24, 2.45) is 0 Å². The largest absolute Gasteiger partial charge is 0.503 e. The molecule has 1 unspecified atom stereocenters. The van der Waals surface area contributed by atoms with Crippen LogP contribution in [0.2, 0.25) is 5.02 Å². The highest BCUT2D eigenvalue weighted by Crippen LogP contribution is 2.44. The number of thiazole rings is 2. The Hall–Kier alpha value is -3.14. The predicted molar refractivity (Wildman–Crippen MR) is 125 cm³/mol. The van der Waals surface area contributed by atoms with E-state index in [1.807, 2.05) is 0 Å². The molecule has 0 aliphatic carbocycles. The molecule has 4 heterocycles. The Morgan fingerprint density at radius 2 is 2.00 bits per heavy atom. The fraction of sp³-hybridized carbons (Fsp3) is 0.136. The maximum absolute atomic E-state index is 13.5. The van der Waals surface area contributed by atoms with Crippen LogP contribution in [0.25, 0.3) is 10.2 Å². The first-order valence-electron chi connectivity index (χ1n) is 9.56. The van der Waals surface area contributed by atoms with Gasteiger partial charge in [0.05, 0.1) is 37.4 Å². The van der Waals surface area contributed by atoms with Crippen LogP contribution in [0, 0.1) is 13.8 Å². The number of carbonyl (C=O) groups excluding carboxylic acids is 2. The summed E-state index contributed by atoms with van der Waals surface area (Å²) in [5.41, 5.74) is 1.81. The van der Waals surface area contributed by atoms with E-state index in [-0.39, 0.29) is 5.57 Å². The van der Waals surface area contributed by atoms with Crippen molar-refractivity contribution < 1.29 is 14.7 Å². The number of rotatable bonds is 4. The molecule has 0 saturated carbocycles. The van der Waals surface area contributed by atoms with Gasteiger partial charge in [-0.1, -0.05) is 29.0 Å². The third-order valence-corrected chi connectivity index (χ3v) is 7.43. The molecule has 1 aliphatic heterocycles. The summed E-state index contributed by atoms with van der Waals surface area (Å²) in [6.07, 6.45) is 3.18. The van der Waals surface area contributed by atoms with E-state index in [1.54, 1.807) is 56.6 Å². The molecule has 0 radical (unpaired) electrons. The number of Topliss-reactive ketones (excluding diaryl/α,β-unsaturated/α-hetero) is 1. The molecule has 1 aliphatic rings. The first-order chi connectivity index (χ1) is 15.3. The van der Waals surface area contributed by atoms with Gasteiger partial charge in [-0.3, -0.25) is 19.5 Å². The van der Waals surface area contributed by atoms with E-state index in [2.05, 4.69) is 15.0 Å². The van der Waals surface area contributed by atoms with Gasteiger partial charge in [0, 0.05) is 17.4 Å². The van der Waals surface area contributed by atoms with Crippen LogP contribution >= 0.6 is 34.3 Å². The number of pyridine rings is 1. The number of halogens is 1. The first kappa shape index (κ1) is 20.7. The van der Waals surface area contributed by atoms with E-state index in [0.717, 1.165) is 9.71 Å². The van der Waals surface area contributed by atoms with E-state index in [0.29, 0.717) is 31.8 Å². The maximum atomic E-state index is 13.5. The topological polar surface area (TPSA) is 96.3 Å². The molecular formula is C22H15ClN4O3S2. The third-order valence-electron chi connectivity index (χ3n) is 5.11. The van der Waals surface area contributed by atoms with E-state index in [9.17, 15) is 14.7 Å². The van der Waals surface area contributed by atoms with Crippen molar-refractivity contribution in [3.63, 3.8) is 0 Å². The van der Waals surface area contributed by atoms with Crippen molar-refractivity contribution in [2.45, 2.75) is 19.9 Å². The van der Waals surface area contributed by atoms with Gasteiger partial charge in [-0.2, -0.15) is 0 Å². The maximum Gasteiger partial charge on any atom is 0.296 e. The zero-order valence-corrected chi connectivity index (χ0v) is 19.3. The molecule has 1 aromatic carbocycles. The van der Waals surface area contributed by atoms with Crippen LogP contribution in [0.3, 0.4) is 0 Å². The van der Waals surface area contributed by atoms with Crippen molar-refractivity contribution >= 4 is 61.3 Å². The summed E-state index contributed by atoms with van der Waals surface area (Å²) in [5.74, 6) is -1.71. The monoisotopic (exact) mass is 482 g/mol. The molecule has 10 heteroatoms. The smallest absolute Gasteiger partial charge is 0.296 e. The van der Waals surface area contributed by atoms with Gasteiger partial charge in [0.25, 0.3) is 5.91 Å². The molecule has 3 aromatic heterocycles. The number of aliphatic hydroxyl groups excluding tert-OH is 1. The summed E-state index contributed by atoms with van der Waals surface area (Å²) >= 11 is 8.60. The minimum atomic E-state index is -0.874. The number of hydrogen-bond donors (Lipinski definition) is 1. The van der Waals surface area contributed by atoms with Crippen molar-refractivity contribution in [2.75, 3.05) is 4.90 Å². The summed E-state index contributed by atoms with van der Waals surface area (Å²) < 4.78 is 0.790. The molecular weight excluding hydrogens is 468 g/mol. The number of aromatic nitrogens is 3. The van der Waals surface area contributed by atoms with Crippen molar-refractivity contribution in [3.05, 3.63) is 80.2 Å². The zero-order chi connectivity index (χ0) is 22.6. The number of ketones is 1. The lowest BCUT2D eigenvalue weighted by Gasteiger charge is -2.24. The SMILES string of the molecule is Cc1nc(C)c(C(=O)C2=C(O)C(=O)N(c3nc4ccc(Cl)cc4s3)C2c2cccnc2)s1. The summed E-state index contributed by atoms with van der Waals surface area (Å²) in [5, 5.41) is 12.5. The van der Waals surface area contributed by atoms with Crippen LogP contribution < -0.4 is 4.90 Å². The fourth-order valence-corrected chi connectivity index (χ4v) is 5.88. The standard InChI is InChI=1S/C22H15ClN4O3S2/c1-10-20(31-11(2)25-10)18(28)16-17(12-4-3-7-24-9-12)27(21(30)19(16)29)22-26-14-6-5-13(23)8-15(14)32-22/h3-9,17,29H,1-2H3. The van der Waals surface area contributed by atoms with Gasteiger partial charge in [-0.15, -0.1) is 11.3 Å². The second-order valence-corrected chi connectivity index (χ2v) is 9.86. The quantitative estimate of drug-likeness (QED) is 0.401. The van der Waals surface area contributed by atoms with E-state index < -0.39 is 23.5 Å². The Balaban J connectivity index is 1.68. The second kappa shape index (κ2) is 7.77. The number of hydrogen-bond acceptors (Lipinski definition) is 8. The van der Waals surface area contributed by atoms with Crippen molar-refractivity contribution in [1.82, 2.24) is 15.0 Å². The highest BCUT2D eigenvalue weighted by molar-refractivity contribution is 7.22. The van der Waals surface area contributed by atoms with Crippen LogP contribution in [0.15, 0.2) is 54.1 Å². The first-order valence-corrected chi connectivity index (χ1v) is 11.6. The predicted octanol–water partition coefficient (Wildman–Crippen LogP) is 5.20. The number of amides is 1. The van der Waals surface area contributed by atoms with Gasteiger partial charge in [0.15, 0.2) is 10.9 Å². The van der Waals surface area contributed by atoms with E-state index in [4.69, 9.17) is 11.6 Å². The fourth-order valence-electron chi connectivity index (χ4n) is 3.74. The molecule has 0 spiro atoms. The van der Waals surface area contributed by atoms with Gasteiger partial charge in [-0.25, -0.2) is 9.97 Å². The molecule has 5 rings (SSSR count). The highest BCUT2D eigenvalue weighted by Gasteiger charge is 2.46. The number of benzene rings is 1. The lowest BCUT2D eigenvalue weighted by atomic mass is 9.96. The Labute approximate surface area is 195 Å². The minimum Gasteiger partial charge on any atom is -0.503 e. The molecule has 0 fully saturated rings. The number of nitrogens with zero attached hydrogens (tertiary/aromatic N) is 4. The average Bonchev–Trinajstić information content (AvgIpc) is 3.41. The summed E-state index contributed by atoms with van der Waals surface area (Å²) in [7, 11) is 0. The molecule has 7 nitrogen and oxygen atoms in total. The number of fused-ring (bicyclic) bond motifs is 1. The summed E-state index contributed by atoms with van der Waals surface area (Å²) in [6, 6.07) is 7.86. The molecule has 4 aromatic rings. The van der Waals surface area contributed by atoms with Gasteiger partial charge >= 0.3 is 0 Å². The minimum absolute atomic E-state index is 0.00737. The number of carbonyl (C=O) groups is 2. The van der Waals surface area contributed by atoms with Gasteiger partial charge < -0.3 is 5.11 Å². The Morgan fingerprint density at radius 1 is 1.19 bits per heavy atom. The molecule has 160 valence electrons. The molecule has 0 saturated heterocycles. The van der Waals surface area contributed by atoms with Gasteiger partial charge in [0.1, 0.15) is 0 Å². The Morgan fingerprint density at radius 3 is 2.69 bits per heavy atom. The Bertz CT molecular complexity index is 1430. The summed E-state index contributed by atoms with van der Waals surface area (Å²) in [4.78, 5) is 41.6. The number of aliphatic hydroxyl groups is 1. The highest BCUT2D eigenvalue weighted by atomic mass is 35.5. The van der Waals surface area contributed by atoms with Crippen molar-refractivity contribution in [1.29, 1.82) is 0 Å². The van der Waals surface area contributed by atoms with E-state index >= 15 is 0 Å². The third kappa shape index (κ3) is 3.29. The van der Waals surface area contributed by atoms with Crippen LogP contribution in [0.5, 0.6) is 0 Å². The van der Waals surface area contributed by atoms with Crippen LogP contribution in [0.1, 0.15) is 32.0 Å². The lowest BCUT2D eigenvalue weighted by molar-refractivity contribution is -0.117. The van der Waals surface area contributed by atoms with Crippen molar-refractivity contribution in [3.8, 4) is 0 Å². The van der Waals surface area contributed by atoms with Gasteiger partial charge in [-0.05, 0) is 43.7 Å². The number of anilines is 1. The van der Waals surface area contributed by atoms with Crippen LogP contribution in [-0.4, -0.2) is 31.7 Å². The molecule has 1 atom stereocenters. The molecule has 0 bridgehead atoms. The van der Waals surface area contributed by atoms with Crippen LogP contribution in [0.4, 0.5) is 5.13 Å². The lowest BCUT2D eigenvalue weighted by Crippen LogP contribution is -2.31. The van der Waals surface area contributed by atoms with Gasteiger partial charge in [0.2, 0.25) is 5.78 Å². The molecule has 1 amide bonds. The zero-order valence-electron chi connectivity index (χ0n) is 16.9. The second-order valence-electron chi connectivity index (χ2n) is 7.21. The molecule has 32 heavy (non-hydrogen) atoms. The number of aryl methyl sites for hydroxylation is 2. The molecule has 1 N–H and O–H groups in total. The van der Waals surface area contributed by atoms with E-state index in [1.165, 1.54) is 27.6 Å². The van der Waals surface area contributed by atoms with Crippen LogP contribution in [-0.2, 0) is 4.79 Å². The Kier molecular flexibility index (Phi) is 5.04. The summed E-state index contributed by atoms with van der Waals surface area (Å²) in [6.45, 7) is 3.54. The normalized spacial score (nSPS) is 16.4. The average molecular weight is 483 g/mol.